The highest BCUT2D eigenvalue weighted by atomic mass is 19.1. The predicted molar refractivity (Wildman–Crippen MR) is 133 cm³/mol. The van der Waals surface area contributed by atoms with Crippen LogP contribution in [-0.4, -0.2) is 38.6 Å². The number of nitrogens with zero attached hydrogens (tertiary/aromatic N) is 5. The molecule has 176 valence electrons. The number of benzene rings is 1. The van der Waals surface area contributed by atoms with E-state index in [0.717, 1.165) is 37.3 Å². The van der Waals surface area contributed by atoms with E-state index >= 15 is 0 Å². The van der Waals surface area contributed by atoms with E-state index in [0.29, 0.717) is 22.8 Å². The summed E-state index contributed by atoms with van der Waals surface area (Å²) < 4.78 is 16.1. The normalized spacial score (nSPS) is 13.4. The zero-order chi connectivity index (χ0) is 24.4. The lowest BCUT2D eigenvalue weighted by Gasteiger charge is -2.29. The molecule has 3 aromatic heterocycles. The first-order valence-electron chi connectivity index (χ1n) is 11.4. The summed E-state index contributed by atoms with van der Waals surface area (Å²) >= 11 is 0. The molecule has 0 atom stereocenters. The van der Waals surface area contributed by atoms with Crippen molar-refractivity contribution in [3.05, 3.63) is 77.1 Å². The summed E-state index contributed by atoms with van der Waals surface area (Å²) in [7, 11) is 0. The summed E-state index contributed by atoms with van der Waals surface area (Å²) in [6.45, 7) is 3.98. The Morgan fingerprint density at radius 1 is 1.09 bits per heavy atom. The molecule has 1 fully saturated rings. The first-order valence-corrected chi connectivity index (χ1v) is 11.4. The predicted octanol–water partition coefficient (Wildman–Crippen LogP) is 3.80. The van der Waals surface area contributed by atoms with Gasteiger partial charge in [-0.25, -0.2) is 9.37 Å². The first-order chi connectivity index (χ1) is 17.0. The number of hydrogen-bond acceptors (Lipinski definition) is 6. The van der Waals surface area contributed by atoms with Crippen molar-refractivity contribution in [3.63, 3.8) is 0 Å². The molecule has 1 amide bonds. The van der Waals surface area contributed by atoms with Crippen LogP contribution >= 0.6 is 0 Å². The van der Waals surface area contributed by atoms with Gasteiger partial charge in [-0.3, -0.25) is 9.20 Å². The fourth-order valence-electron chi connectivity index (χ4n) is 4.15. The van der Waals surface area contributed by atoms with E-state index in [1.54, 1.807) is 28.9 Å². The molecule has 0 aliphatic carbocycles. The van der Waals surface area contributed by atoms with Crippen molar-refractivity contribution < 1.29 is 9.18 Å². The molecule has 9 heteroatoms. The minimum absolute atomic E-state index is 0.0769. The third kappa shape index (κ3) is 4.77. The highest BCUT2D eigenvalue weighted by molar-refractivity contribution is 6.04. The second-order valence-corrected chi connectivity index (χ2v) is 8.53. The minimum Gasteiger partial charge on any atom is -0.398 e. The van der Waals surface area contributed by atoms with Crippen molar-refractivity contribution >= 4 is 28.7 Å². The molecule has 1 saturated heterocycles. The van der Waals surface area contributed by atoms with E-state index in [2.05, 4.69) is 37.2 Å². The molecule has 3 N–H and O–H groups in total. The van der Waals surface area contributed by atoms with Gasteiger partial charge in [-0.05, 0) is 74.1 Å². The number of fused-ring (bicyclic) bond motifs is 1. The molecular weight excluding hydrogens is 445 g/mol. The van der Waals surface area contributed by atoms with E-state index in [9.17, 15) is 9.18 Å². The topological polar surface area (TPSA) is 101 Å². The Morgan fingerprint density at radius 2 is 1.91 bits per heavy atom. The Labute approximate surface area is 202 Å². The number of aryl methyl sites for hydroxylation is 1. The molecule has 0 radical (unpaired) electrons. The summed E-state index contributed by atoms with van der Waals surface area (Å²) in [5, 5.41) is 10.9. The molecule has 8 nitrogen and oxygen atoms in total. The third-order valence-electron chi connectivity index (χ3n) is 5.93. The van der Waals surface area contributed by atoms with Gasteiger partial charge in [0.25, 0.3) is 5.91 Å². The van der Waals surface area contributed by atoms with E-state index in [4.69, 9.17) is 5.73 Å². The van der Waals surface area contributed by atoms with Crippen molar-refractivity contribution in [2.24, 2.45) is 0 Å². The van der Waals surface area contributed by atoms with E-state index in [-0.39, 0.29) is 17.0 Å². The molecular formula is C26H24FN7O. The standard InChI is InChI=1S/C26H24FN7O/c1-17-13-21(15-29-25(17)33-11-3-2-4-12-33)30-26(35)19-5-8-22(27)18(14-19)6-9-23-31-32-24-10-7-20(28)16-34(23)24/h5,7-8,10,13-16H,2-4,11-12,28H2,1H3,(H,30,35). The fraction of sp³-hybridized carbons (Fsp3) is 0.231. The van der Waals surface area contributed by atoms with E-state index < -0.39 is 5.82 Å². The Bertz CT molecular complexity index is 1480. The number of aromatic nitrogens is 4. The molecule has 4 aromatic rings. The maximum atomic E-state index is 14.4. The van der Waals surface area contributed by atoms with E-state index in [1.807, 2.05) is 13.0 Å². The quantitative estimate of drug-likeness (QED) is 0.443. The molecule has 5 rings (SSSR count). The second kappa shape index (κ2) is 9.43. The summed E-state index contributed by atoms with van der Waals surface area (Å²) in [5.41, 5.74) is 8.86. The summed E-state index contributed by atoms with van der Waals surface area (Å²) in [6, 6.07) is 9.39. The number of amides is 1. The average molecular weight is 470 g/mol. The molecule has 4 heterocycles. The lowest BCUT2D eigenvalue weighted by atomic mass is 10.1. The molecule has 1 aliphatic heterocycles. The number of piperidine rings is 1. The molecule has 1 aliphatic rings. The highest BCUT2D eigenvalue weighted by Gasteiger charge is 2.16. The van der Waals surface area contributed by atoms with Gasteiger partial charge in [0.2, 0.25) is 5.82 Å². The van der Waals surface area contributed by atoms with Gasteiger partial charge in [-0.2, -0.15) is 0 Å². The molecule has 0 spiro atoms. The van der Waals surface area contributed by atoms with Gasteiger partial charge < -0.3 is 16.0 Å². The second-order valence-electron chi connectivity index (χ2n) is 8.53. The van der Waals surface area contributed by atoms with Gasteiger partial charge >= 0.3 is 0 Å². The van der Waals surface area contributed by atoms with Crippen LogP contribution in [0.4, 0.5) is 21.6 Å². The van der Waals surface area contributed by atoms with Crippen LogP contribution in [0.5, 0.6) is 0 Å². The fourth-order valence-corrected chi connectivity index (χ4v) is 4.15. The monoisotopic (exact) mass is 469 g/mol. The van der Waals surface area contributed by atoms with Crippen molar-refractivity contribution in [2.45, 2.75) is 26.2 Å². The number of rotatable bonds is 3. The van der Waals surface area contributed by atoms with Crippen LogP contribution < -0.4 is 16.0 Å². The smallest absolute Gasteiger partial charge is 0.255 e. The Hall–Kier alpha value is -4.45. The van der Waals surface area contributed by atoms with Gasteiger partial charge in [0, 0.05) is 30.5 Å². The number of halogens is 1. The van der Waals surface area contributed by atoms with Crippen LogP contribution in [0, 0.1) is 24.6 Å². The largest absolute Gasteiger partial charge is 0.398 e. The number of nitrogens with two attached hydrogens (primary N) is 1. The maximum absolute atomic E-state index is 14.4. The number of hydrogen-bond donors (Lipinski definition) is 2. The molecule has 0 bridgehead atoms. The van der Waals surface area contributed by atoms with Gasteiger partial charge in [0.1, 0.15) is 11.6 Å². The number of carbonyl (C=O) groups is 1. The summed E-state index contributed by atoms with van der Waals surface area (Å²) in [4.78, 5) is 19.7. The average Bonchev–Trinajstić information content (AvgIpc) is 3.26. The first kappa shape index (κ1) is 22.3. The lowest BCUT2D eigenvalue weighted by Crippen LogP contribution is -2.30. The van der Waals surface area contributed by atoms with E-state index in [1.165, 1.54) is 24.6 Å². The maximum Gasteiger partial charge on any atom is 0.255 e. The van der Waals surface area contributed by atoms with Crippen molar-refractivity contribution in [1.29, 1.82) is 0 Å². The van der Waals surface area contributed by atoms with Crippen molar-refractivity contribution in [3.8, 4) is 11.8 Å². The molecule has 0 saturated carbocycles. The van der Waals surface area contributed by atoms with Crippen LogP contribution in [0.3, 0.4) is 0 Å². The van der Waals surface area contributed by atoms with Crippen LogP contribution in [0.25, 0.3) is 5.65 Å². The van der Waals surface area contributed by atoms with Crippen LogP contribution in [0.15, 0.2) is 48.8 Å². The van der Waals surface area contributed by atoms with Crippen LogP contribution in [0.1, 0.15) is 46.6 Å². The van der Waals surface area contributed by atoms with Crippen LogP contribution in [-0.2, 0) is 0 Å². The van der Waals surface area contributed by atoms with Crippen LogP contribution in [0.2, 0.25) is 0 Å². The van der Waals surface area contributed by atoms with Crippen molar-refractivity contribution in [1.82, 2.24) is 19.6 Å². The molecule has 0 unspecified atom stereocenters. The SMILES string of the molecule is Cc1cc(NC(=O)c2ccc(F)c(C#Cc3nnc4ccc(N)cn34)c2)cnc1N1CCCCC1. The van der Waals surface area contributed by atoms with Crippen molar-refractivity contribution in [2.75, 3.05) is 29.0 Å². The molecule has 1 aromatic carbocycles. The minimum atomic E-state index is -0.536. The number of anilines is 3. The van der Waals surface area contributed by atoms with Gasteiger partial charge in [0.15, 0.2) is 5.65 Å². The Kier molecular flexibility index (Phi) is 6.02. The Morgan fingerprint density at radius 3 is 2.71 bits per heavy atom. The van der Waals surface area contributed by atoms with Gasteiger partial charge in [-0.15, -0.1) is 10.2 Å². The number of pyridine rings is 2. The summed E-state index contributed by atoms with van der Waals surface area (Å²) in [5.74, 6) is 5.92. The highest BCUT2D eigenvalue weighted by Crippen LogP contribution is 2.24. The Balaban J connectivity index is 1.35. The van der Waals surface area contributed by atoms with Gasteiger partial charge in [-0.1, -0.05) is 5.92 Å². The number of carbonyl (C=O) groups excluding carboxylic acids is 1. The number of nitrogen functional groups attached to an aromatic ring is 1. The zero-order valence-corrected chi connectivity index (χ0v) is 19.3. The molecule has 35 heavy (non-hydrogen) atoms. The third-order valence-corrected chi connectivity index (χ3v) is 5.93. The summed E-state index contributed by atoms with van der Waals surface area (Å²) in [6.07, 6.45) is 6.87. The lowest BCUT2D eigenvalue weighted by molar-refractivity contribution is 0.102. The number of nitrogens with one attached hydrogen (secondary N) is 1. The van der Waals surface area contributed by atoms with Gasteiger partial charge in [0.05, 0.1) is 17.4 Å². The zero-order valence-electron chi connectivity index (χ0n) is 19.3.